The third-order valence-corrected chi connectivity index (χ3v) is 3.08. The zero-order chi connectivity index (χ0) is 12.3. The Morgan fingerprint density at radius 2 is 2.24 bits per heavy atom. The first-order chi connectivity index (χ1) is 8.30. The van der Waals surface area contributed by atoms with Crippen molar-refractivity contribution in [2.45, 2.75) is 18.8 Å². The molecule has 0 amide bonds. The Morgan fingerprint density at radius 1 is 1.41 bits per heavy atom. The van der Waals surface area contributed by atoms with Gasteiger partial charge >= 0.3 is 0 Å². The molecule has 17 heavy (non-hydrogen) atoms. The zero-order valence-electron chi connectivity index (χ0n) is 9.98. The molecule has 2 N–H and O–H groups in total. The molecule has 1 aromatic rings. The lowest BCUT2D eigenvalue weighted by Crippen LogP contribution is -2.05. The van der Waals surface area contributed by atoms with Gasteiger partial charge in [0, 0.05) is 18.1 Å². The summed E-state index contributed by atoms with van der Waals surface area (Å²) >= 11 is 0. The number of rotatable bonds is 5. The summed E-state index contributed by atoms with van der Waals surface area (Å²) in [5.41, 5.74) is 2.12. The van der Waals surface area contributed by atoms with E-state index in [0.717, 1.165) is 29.7 Å². The van der Waals surface area contributed by atoms with Crippen molar-refractivity contribution < 1.29 is 19.7 Å². The minimum Gasteiger partial charge on any atom is -0.493 e. The third kappa shape index (κ3) is 2.37. The Hall–Kier alpha value is -1.26. The molecular weight excluding hydrogens is 220 g/mol. The number of methoxy groups -OCH3 is 1. The van der Waals surface area contributed by atoms with E-state index >= 15 is 0 Å². The lowest BCUT2D eigenvalue weighted by atomic mass is 9.97. The lowest BCUT2D eigenvalue weighted by molar-refractivity contribution is 0.229. The second kappa shape index (κ2) is 5.38. The third-order valence-electron chi connectivity index (χ3n) is 3.08. The van der Waals surface area contributed by atoms with Gasteiger partial charge in [0.25, 0.3) is 0 Å². The second-order valence-corrected chi connectivity index (χ2v) is 4.23. The van der Waals surface area contributed by atoms with Gasteiger partial charge in [-0.2, -0.15) is 0 Å². The fourth-order valence-corrected chi connectivity index (χ4v) is 2.14. The van der Waals surface area contributed by atoms with E-state index in [-0.39, 0.29) is 19.1 Å². The van der Waals surface area contributed by atoms with Crippen LogP contribution < -0.4 is 9.47 Å². The number of hydrogen-bond acceptors (Lipinski definition) is 4. The van der Waals surface area contributed by atoms with Gasteiger partial charge in [0.2, 0.25) is 0 Å². The average molecular weight is 238 g/mol. The van der Waals surface area contributed by atoms with E-state index in [1.54, 1.807) is 7.11 Å². The Labute approximate surface area is 101 Å². The summed E-state index contributed by atoms with van der Waals surface area (Å²) in [6, 6.07) is 3.98. The molecule has 1 aromatic carbocycles. The van der Waals surface area contributed by atoms with E-state index in [1.165, 1.54) is 0 Å². The van der Waals surface area contributed by atoms with Crippen molar-refractivity contribution in [3.8, 4) is 11.5 Å². The molecule has 0 aliphatic carbocycles. The first-order valence-corrected chi connectivity index (χ1v) is 5.85. The molecule has 1 aliphatic rings. The first kappa shape index (κ1) is 12.2. The van der Waals surface area contributed by atoms with Crippen LogP contribution >= 0.6 is 0 Å². The molecule has 0 saturated heterocycles. The van der Waals surface area contributed by atoms with Crippen LogP contribution in [-0.2, 0) is 6.42 Å². The van der Waals surface area contributed by atoms with Crippen molar-refractivity contribution in [3.63, 3.8) is 0 Å². The number of aryl methyl sites for hydroxylation is 1. The van der Waals surface area contributed by atoms with E-state index < -0.39 is 0 Å². The van der Waals surface area contributed by atoms with Crippen molar-refractivity contribution in [1.29, 1.82) is 0 Å². The number of ether oxygens (including phenoxy) is 2. The summed E-state index contributed by atoms with van der Waals surface area (Å²) in [6.45, 7) is 0.768. The Bertz CT molecular complexity index is 389. The van der Waals surface area contributed by atoms with Gasteiger partial charge in [-0.25, -0.2) is 0 Å². The fourth-order valence-electron chi connectivity index (χ4n) is 2.14. The van der Waals surface area contributed by atoms with E-state index in [9.17, 15) is 5.11 Å². The normalized spacial score (nSPS) is 17.7. The zero-order valence-corrected chi connectivity index (χ0v) is 9.98. The van der Waals surface area contributed by atoms with Crippen LogP contribution in [0, 0.1) is 0 Å². The Kier molecular flexibility index (Phi) is 3.86. The summed E-state index contributed by atoms with van der Waals surface area (Å²) in [5.74, 6) is 1.50. The summed E-state index contributed by atoms with van der Waals surface area (Å²) < 4.78 is 10.9. The molecular formula is C13H18O4. The second-order valence-electron chi connectivity index (χ2n) is 4.23. The molecule has 1 unspecified atom stereocenters. The van der Waals surface area contributed by atoms with Crippen LogP contribution in [-0.4, -0.2) is 37.1 Å². The maximum Gasteiger partial charge on any atom is 0.164 e. The van der Waals surface area contributed by atoms with Gasteiger partial charge in [-0.1, -0.05) is 6.07 Å². The maximum absolute atomic E-state index is 9.28. The van der Waals surface area contributed by atoms with Crippen LogP contribution in [0.1, 0.15) is 23.5 Å². The highest BCUT2D eigenvalue weighted by Crippen LogP contribution is 2.42. The summed E-state index contributed by atoms with van der Waals surface area (Å²) in [7, 11) is 1.61. The predicted octanol–water partition coefficient (Wildman–Crippen LogP) is 1.09. The number of aliphatic hydroxyl groups is 2. The lowest BCUT2D eigenvalue weighted by Gasteiger charge is -2.10. The molecule has 0 spiro atoms. The SMILES string of the molecule is COc1cc(CCCO)cc2c1OCC2CO. The van der Waals surface area contributed by atoms with E-state index in [2.05, 4.69) is 0 Å². The maximum atomic E-state index is 9.28. The first-order valence-electron chi connectivity index (χ1n) is 5.85. The van der Waals surface area contributed by atoms with Gasteiger partial charge in [-0.05, 0) is 24.5 Å². The summed E-state index contributed by atoms with van der Waals surface area (Å²) in [5, 5.41) is 18.1. The minimum atomic E-state index is 0.0352. The van der Waals surface area contributed by atoms with Crippen molar-refractivity contribution in [2.75, 3.05) is 26.9 Å². The Balaban J connectivity index is 2.32. The molecule has 1 aliphatic heterocycles. The van der Waals surface area contributed by atoms with E-state index in [4.69, 9.17) is 14.6 Å². The van der Waals surface area contributed by atoms with Gasteiger partial charge in [0.1, 0.15) is 0 Å². The van der Waals surface area contributed by atoms with Crippen LogP contribution in [0.25, 0.3) is 0 Å². The highest BCUT2D eigenvalue weighted by Gasteiger charge is 2.27. The van der Waals surface area contributed by atoms with Crippen LogP contribution in [0.2, 0.25) is 0 Å². The standard InChI is InChI=1S/C13H18O4/c1-16-12-6-9(3-2-4-14)5-11-10(7-15)8-17-13(11)12/h5-6,10,14-15H,2-4,7-8H2,1H3. The molecule has 4 heteroatoms. The van der Waals surface area contributed by atoms with Crippen LogP contribution in [0.5, 0.6) is 11.5 Å². The van der Waals surface area contributed by atoms with Crippen molar-refractivity contribution in [3.05, 3.63) is 23.3 Å². The molecule has 0 aromatic heterocycles. The Morgan fingerprint density at radius 3 is 2.88 bits per heavy atom. The molecule has 1 heterocycles. The van der Waals surface area contributed by atoms with Gasteiger partial charge in [0.05, 0.1) is 20.3 Å². The molecule has 2 rings (SSSR count). The average Bonchev–Trinajstić information content (AvgIpc) is 2.78. The van der Waals surface area contributed by atoms with Crippen molar-refractivity contribution in [1.82, 2.24) is 0 Å². The highest BCUT2D eigenvalue weighted by atomic mass is 16.5. The number of benzene rings is 1. The van der Waals surface area contributed by atoms with Crippen LogP contribution in [0.3, 0.4) is 0 Å². The van der Waals surface area contributed by atoms with Gasteiger partial charge in [0.15, 0.2) is 11.5 Å². The molecule has 0 bridgehead atoms. The molecule has 1 atom stereocenters. The number of hydrogen-bond donors (Lipinski definition) is 2. The minimum absolute atomic E-state index is 0.0352. The van der Waals surface area contributed by atoms with Crippen LogP contribution in [0.4, 0.5) is 0 Å². The largest absolute Gasteiger partial charge is 0.493 e. The van der Waals surface area contributed by atoms with Crippen molar-refractivity contribution >= 4 is 0 Å². The smallest absolute Gasteiger partial charge is 0.164 e. The number of fused-ring (bicyclic) bond motifs is 1. The van der Waals surface area contributed by atoms with Gasteiger partial charge in [-0.3, -0.25) is 0 Å². The fraction of sp³-hybridized carbons (Fsp3) is 0.538. The molecule has 4 nitrogen and oxygen atoms in total. The summed E-state index contributed by atoms with van der Waals surface area (Å²) in [4.78, 5) is 0. The molecule has 0 radical (unpaired) electrons. The molecule has 94 valence electrons. The van der Waals surface area contributed by atoms with E-state index in [1.807, 2.05) is 12.1 Å². The molecule has 0 fully saturated rings. The van der Waals surface area contributed by atoms with Crippen LogP contribution in [0.15, 0.2) is 12.1 Å². The monoisotopic (exact) mass is 238 g/mol. The van der Waals surface area contributed by atoms with Gasteiger partial charge in [-0.15, -0.1) is 0 Å². The predicted molar refractivity (Wildman–Crippen MR) is 63.7 cm³/mol. The molecule has 0 saturated carbocycles. The topological polar surface area (TPSA) is 58.9 Å². The quantitative estimate of drug-likeness (QED) is 0.806. The van der Waals surface area contributed by atoms with E-state index in [0.29, 0.717) is 12.4 Å². The van der Waals surface area contributed by atoms with Crippen molar-refractivity contribution in [2.24, 2.45) is 0 Å². The van der Waals surface area contributed by atoms with Gasteiger partial charge < -0.3 is 19.7 Å². The number of aliphatic hydroxyl groups excluding tert-OH is 2. The highest BCUT2D eigenvalue weighted by molar-refractivity contribution is 5.53. The summed E-state index contributed by atoms with van der Waals surface area (Å²) in [6.07, 6.45) is 1.53.